The Morgan fingerprint density at radius 3 is 2.18 bits per heavy atom. The molecule has 3 amide bonds. The standard InChI is InChI=1S/C27H36N8O4/c28-13-5-15-32-25(38)23(17-18-6-2-1-3-7-18)35-26(39)22(8-4-14-33-27(30)31)34-24(37)21(29)16-19-9-11-20(36)12-10-19/h1-3,6-7,9-12,21-23,36H,4-5,8,14-17,29H2,(H,32,38)(H,34,37)(H,35,39)(H4,30,31,33)/t21-,22+,23-/m0/s1. The molecule has 0 bridgehead atoms. The van der Waals surface area contributed by atoms with Crippen LogP contribution in [0.5, 0.6) is 5.75 Å². The third kappa shape index (κ3) is 11.5. The highest BCUT2D eigenvalue weighted by Crippen LogP contribution is 2.11. The molecule has 208 valence electrons. The summed E-state index contributed by atoms with van der Waals surface area (Å²) in [6.07, 6.45) is 1.09. The number of carbonyl (C=O) groups excluding carboxylic acids is 3. The number of benzene rings is 2. The molecule has 0 aliphatic heterocycles. The number of nitrogens with one attached hydrogen (secondary N) is 3. The molecule has 0 saturated carbocycles. The van der Waals surface area contributed by atoms with Crippen molar-refractivity contribution in [3.63, 3.8) is 0 Å². The van der Waals surface area contributed by atoms with E-state index in [4.69, 9.17) is 22.5 Å². The van der Waals surface area contributed by atoms with Gasteiger partial charge < -0.3 is 38.3 Å². The number of amides is 3. The summed E-state index contributed by atoms with van der Waals surface area (Å²) in [6.45, 7) is 0.380. The van der Waals surface area contributed by atoms with E-state index in [2.05, 4.69) is 20.9 Å². The Bertz CT molecular complexity index is 1140. The van der Waals surface area contributed by atoms with Crippen LogP contribution in [0.2, 0.25) is 0 Å². The van der Waals surface area contributed by atoms with Crippen molar-refractivity contribution in [2.45, 2.75) is 50.2 Å². The number of phenolic OH excluding ortho intramolecular Hbond substituents is 1. The molecule has 0 radical (unpaired) electrons. The van der Waals surface area contributed by atoms with Crippen molar-refractivity contribution >= 4 is 23.7 Å². The van der Waals surface area contributed by atoms with Crippen LogP contribution in [0, 0.1) is 11.3 Å². The van der Waals surface area contributed by atoms with Gasteiger partial charge in [0.15, 0.2) is 5.96 Å². The van der Waals surface area contributed by atoms with Crippen molar-refractivity contribution in [3.05, 3.63) is 65.7 Å². The quantitative estimate of drug-likeness (QED) is 0.0895. The Kier molecular flexibility index (Phi) is 12.8. The zero-order chi connectivity index (χ0) is 28.6. The minimum atomic E-state index is -1.01. The summed E-state index contributed by atoms with van der Waals surface area (Å²) >= 11 is 0. The van der Waals surface area contributed by atoms with Crippen molar-refractivity contribution in [3.8, 4) is 11.8 Å². The average molecular weight is 537 g/mol. The fraction of sp³-hybridized carbons (Fsp3) is 0.370. The van der Waals surface area contributed by atoms with E-state index in [1.54, 1.807) is 12.1 Å². The van der Waals surface area contributed by atoms with Crippen LogP contribution >= 0.6 is 0 Å². The molecule has 0 unspecified atom stereocenters. The van der Waals surface area contributed by atoms with Gasteiger partial charge in [-0.05, 0) is 42.5 Å². The van der Waals surface area contributed by atoms with Gasteiger partial charge in [-0.1, -0.05) is 42.5 Å². The Morgan fingerprint density at radius 2 is 1.54 bits per heavy atom. The highest BCUT2D eigenvalue weighted by Gasteiger charge is 2.28. The van der Waals surface area contributed by atoms with E-state index in [1.807, 2.05) is 36.4 Å². The SMILES string of the molecule is N#CCCNC(=O)[C@H](Cc1ccccc1)NC(=O)[C@@H](CCCN=C(N)N)NC(=O)[C@@H](N)Cc1ccc(O)cc1. The topological polar surface area (TPSA) is 222 Å². The first kappa shape index (κ1) is 30.6. The maximum Gasteiger partial charge on any atom is 0.243 e. The number of nitrogens with two attached hydrogens (primary N) is 3. The second-order valence-corrected chi connectivity index (χ2v) is 8.94. The molecule has 0 spiro atoms. The minimum Gasteiger partial charge on any atom is -0.508 e. The van der Waals surface area contributed by atoms with E-state index in [9.17, 15) is 19.5 Å². The molecule has 0 saturated heterocycles. The predicted molar refractivity (Wildman–Crippen MR) is 147 cm³/mol. The van der Waals surface area contributed by atoms with Gasteiger partial charge in [0, 0.05) is 19.5 Å². The monoisotopic (exact) mass is 536 g/mol. The molecule has 2 rings (SSSR count). The van der Waals surface area contributed by atoms with Crippen LogP contribution in [0.1, 0.15) is 30.4 Å². The van der Waals surface area contributed by atoms with Gasteiger partial charge in [0.25, 0.3) is 0 Å². The number of rotatable bonds is 15. The minimum absolute atomic E-state index is 0.0899. The first-order valence-corrected chi connectivity index (χ1v) is 12.6. The lowest BCUT2D eigenvalue weighted by atomic mass is 10.0. The van der Waals surface area contributed by atoms with Crippen LogP contribution in [-0.4, -0.2) is 60.0 Å². The summed E-state index contributed by atoms with van der Waals surface area (Å²) in [6, 6.07) is 14.5. The zero-order valence-electron chi connectivity index (χ0n) is 21.7. The summed E-state index contributed by atoms with van der Waals surface area (Å²) < 4.78 is 0. The summed E-state index contributed by atoms with van der Waals surface area (Å²) in [5.74, 6) is -1.56. The molecule has 39 heavy (non-hydrogen) atoms. The third-order valence-electron chi connectivity index (χ3n) is 5.76. The van der Waals surface area contributed by atoms with Crippen molar-refractivity contribution in [1.82, 2.24) is 16.0 Å². The van der Waals surface area contributed by atoms with Gasteiger partial charge in [0.2, 0.25) is 17.7 Å². The van der Waals surface area contributed by atoms with Gasteiger partial charge in [-0.3, -0.25) is 19.4 Å². The Hall–Kier alpha value is -4.63. The number of carbonyl (C=O) groups is 3. The molecule has 12 nitrogen and oxygen atoms in total. The number of nitrogens with zero attached hydrogens (tertiary/aromatic N) is 2. The van der Waals surface area contributed by atoms with E-state index >= 15 is 0 Å². The summed E-state index contributed by atoms with van der Waals surface area (Å²) in [7, 11) is 0. The highest BCUT2D eigenvalue weighted by atomic mass is 16.3. The number of hydrogen-bond acceptors (Lipinski definition) is 7. The average Bonchev–Trinajstić information content (AvgIpc) is 2.91. The van der Waals surface area contributed by atoms with E-state index in [-0.39, 0.29) is 50.5 Å². The van der Waals surface area contributed by atoms with Gasteiger partial charge in [0.05, 0.1) is 18.5 Å². The second-order valence-electron chi connectivity index (χ2n) is 8.94. The van der Waals surface area contributed by atoms with E-state index in [1.165, 1.54) is 12.1 Å². The van der Waals surface area contributed by atoms with Crippen LogP contribution in [0.4, 0.5) is 0 Å². The van der Waals surface area contributed by atoms with Crippen molar-refractivity contribution < 1.29 is 19.5 Å². The van der Waals surface area contributed by atoms with E-state index in [0.29, 0.717) is 6.42 Å². The summed E-state index contributed by atoms with van der Waals surface area (Å²) in [4.78, 5) is 43.0. The van der Waals surface area contributed by atoms with E-state index in [0.717, 1.165) is 11.1 Å². The molecule has 12 heteroatoms. The number of phenols is 1. The lowest BCUT2D eigenvalue weighted by Crippen LogP contribution is -2.56. The lowest BCUT2D eigenvalue weighted by molar-refractivity contribution is -0.132. The second kappa shape index (κ2) is 16.3. The first-order chi connectivity index (χ1) is 18.7. The van der Waals surface area contributed by atoms with Crippen LogP contribution in [0.25, 0.3) is 0 Å². The molecule has 0 fully saturated rings. The number of aliphatic imine (C=N–C) groups is 1. The van der Waals surface area contributed by atoms with Crippen molar-refractivity contribution in [1.29, 1.82) is 5.26 Å². The van der Waals surface area contributed by atoms with Crippen LogP contribution in [0.15, 0.2) is 59.6 Å². The lowest BCUT2D eigenvalue weighted by Gasteiger charge is -2.24. The summed E-state index contributed by atoms with van der Waals surface area (Å²) in [5, 5.41) is 26.3. The maximum atomic E-state index is 13.3. The van der Waals surface area contributed by atoms with E-state index < -0.39 is 35.8 Å². The smallest absolute Gasteiger partial charge is 0.243 e. The van der Waals surface area contributed by atoms with Gasteiger partial charge in [-0.15, -0.1) is 0 Å². The molecule has 3 atom stereocenters. The molecule has 10 N–H and O–H groups in total. The molecule has 0 aliphatic carbocycles. The predicted octanol–water partition coefficient (Wildman–Crippen LogP) is -0.442. The van der Waals surface area contributed by atoms with Crippen LogP contribution < -0.4 is 33.2 Å². The number of hydrogen-bond donors (Lipinski definition) is 7. The fourth-order valence-electron chi connectivity index (χ4n) is 3.73. The van der Waals surface area contributed by atoms with Gasteiger partial charge in [-0.25, -0.2) is 0 Å². The number of guanidine groups is 1. The van der Waals surface area contributed by atoms with Crippen LogP contribution in [0.3, 0.4) is 0 Å². The Morgan fingerprint density at radius 1 is 0.897 bits per heavy atom. The van der Waals surface area contributed by atoms with Gasteiger partial charge in [-0.2, -0.15) is 5.26 Å². The third-order valence-corrected chi connectivity index (χ3v) is 5.76. The largest absolute Gasteiger partial charge is 0.508 e. The Labute approximate surface area is 227 Å². The highest BCUT2D eigenvalue weighted by molar-refractivity contribution is 5.93. The maximum absolute atomic E-state index is 13.3. The number of nitriles is 1. The first-order valence-electron chi connectivity index (χ1n) is 12.6. The molecule has 0 aliphatic rings. The van der Waals surface area contributed by atoms with Crippen molar-refractivity contribution in [2.24, 2.45) is 22.2 Å². The number of aromatic hydroxyl groups is 1. The normalized spacial score (nSPS) is 12.7. The van der Waals surface area contributed by atoms with Gasteiger partial charge in [0.1, 0.15) is 17.8 Å². The Balaban J connectivity index is 2.15. The molecular formula is C27H36N8O4. The zero-order valence-corrected chi connectivity index (χ0v) is 21.7. The molecule has 2 aromatic rings. The summed E-state index contributed by atoms with van der Waals surface area (Å²) in [5.41, 5.74) is 18.4. The molecular weight excluding hydrogens is 500 g/mol. The molecule has 2 aromatic carbocycles. The molecule has 0 heterocycles. The molecule has 0 aromatic heterocycles. The van der Waals surface area contributed by atoms with Crippen LogP contribution in [-0.2, 0) is 27.2 Å². The van der Waals surface area contributed by atoms with Gasteiger partial charge >= 0.3 is 0 Å². The van der Waals surface area contributed by atoms with Crippen molar-refractivity contribution in [2.75, 3.05) is 13.1 Å². The fourth-order valence-corrected chi connectivity index (χ4v) is 3.73.